The molecular formula is C14H21N3O2. The van der Waals surface area contributed by atoms with E-state index in [1.165, 1.54) is 12.8 Å². The second-order valence-corrected chi connectivity index (χ2v) is 5.67. The van der Waals surface area contributed by atoms with Crippen LogP contribution in [-0.4, -0.2) is 27.1 Å². The van der Waals surface area contributed by atoms with Crippen molar-refractivity contribution in [1.82, 2.24) is 9.97 Å². The van der Waals surface area contributed by atoms with Gasteiger partial charge in [0.2, 0.25) is 0 Å². The molecular weight excluding hydrogens is 242 g/mol. The zero-order valence-corrected chi connectivity index (χ0v) is 11.7. The van der Waals surface area contributed by atoms with Gasteiger partial charge in [0, 0.05) is 12.0 Å². The summed E-state index contributed by atoms with van der Waals surface area (Å²) in [7, 11) is 0. The smallest absolute Gasteiger partial charge is 0.356 e. The Hall–Kier alpha value is -1.65. The van der Waals surface area contributed by atoms with Crippen molar-refractivity contribution in [2.75, 3.05) is 5.32 Å². The maximum atomic E-state index is 11.3. The average molecular weight is 263 g/mol. The highest BCUT2D eigenvalue weighted by molar-refractivity contribution is 5.91. The molecule has 104 valence electrons. The molecule has 1 unspecified atom stereocenters. The fourth-order valence-corrected chi connectivity index (χ4v) is 2.12. The van der Waals surface area contributed by atoms with Crippen molar-refractivity contribution < 1.29 is 9.90 Å². The van der Waals surface area contributed by atoms with E-state index in [0.717, 1.165) is 12.3 Å². The molecule has 1 aliphatic rings. The molecule has 1 aromatic rings. The van der Waals surface area contributed by atoms with Crippen LogP contribution >= 0.6 is 0 Å². The number of anilines is 1. The second kappa shape index (κ2) is 5.55. The predicted octanol–water partition coefficient (Wildman–Crippen LogP) is 2.90. The first kappa shape index (κ1) is 13.8. The normalized spacial score (nSPS) is 16.4. The van der Waals surface area contributed by atoms with Crippen LogP contribution < -0.4 is 5.32 Å². The van der Waals surface area contributed by atoms with E-state index < -0.39 is 5.97 Å². The lowest BCUT2D eigenvalue weighted by Crippen LogP contribution is -2.20. The second-order valence-electron chi connectivity index (χ2n) is 5.67. The van der Waals surface area contributed by atoms with Crippen molar-refractivity contribution in [3.8, 4) is 0 Å². The van der Waals surface area contributed by atoms with Crippen LogP contribution in [0, 0.1) is 5.92 Å². The van der Waals surface area contributed by atoms with Gasteiger partial charge < -0.3 is 10.4 Å². The highest BCUT2D eigenvalue weighted by atomic mass is 16.4. The topological polar surface area (TPSA) is 75.1 Å². The number of aromatic nitrogens is 2. The van der Waals surface area contributed by atoms with Gasteiger partial charge in [-0.05, 0) is 19.3 Å². The monoisotopic (exact) mass is 263 g/mol. The summed E-state index contributed by atoms with van der Waals surface area (Å²) in [6, 6.07) is 0.249. The first-order valence-corrected chi connectivity index (χ1v) is 6.84. The molecule has 0 saturated heterocycles. The van der Waals surface area contributed by atoms with Crippen molar-refractivity contribution in [3.05, 3.63) is 17.7 Å². The first-order valence-electron chi connectivity index (χ1n) is 6.84. The summed E-state index contributed by atoms with van der Waals surface area (Å²) in [4.78, 5) is 19.7. The van der Waals surface area contributed by atoms with Gasteiger partial charge in [0.1, 0.15) is 5.82 Å². The van der Waals surface area contributed by atoms with Crippen LogP contribution in [0.2, 0.25) is 0 Å². The Balaban J connectivity index is 2.15. The Bertz CT molecular complexity index is 470. The molecule has 0 radical (unpaired) electrons. The van der Waals surface area contributed by atoms with Crippen LogP contribution in [0.5, 0.6) is 0 Å². The molecule has 5 heteroatoms. The van der Waals surface area contributed by atoms with E-state index in [4.69, 9.17) is 0 Å². The van der Waals surface area contributed by atoms with E-state index in [-0.39, 0.29) is 17.7 Å². The van der Waals surface area contributed by atoms with Gasteiger partial charge in [-0.2, -0.15) is 0 Å². The molecule has 0 bridgehead atoms. The number of carboxylic acid groups (broad SMARTS) is 1. The SMILES string of the molecule is CC(CC1CC1)Nc1cnc(C(C)C)nc1C(=O)O. The molecule has 0 aromatic carbocycles. The quantitative estimate of drug-likeness (QED) is 0.825. The molecule has 0 spiro atoms. The van der Waals surface area contributed by atoms with Crippen molar-refractivity contribution in [3.63, 3.8) is 0 Å². The lowest BCUT2D eigenvalue weighted by molar-refractivity contribution is 0.0691. The van der Waals surface area contributed by atoms with Crippen LogP contribution in [0.15, 0.2) is 6.20 Å². The van der Waals surface area contributed by atoms with Crippen LogP contribution in [0.1, 0.15) is 62.3 Å². The molecule has 1 heterocycles. The van der Waals surface area contributed by atoms with Gasteiger partial charge in [-0.1, -0.05) is 26.7 Å². The number of rotatable bonds is 6. The molecule has 0 amide bonds. The molecule has 1 aliphatic carbocycles. The van der Waals surface area contributed by atoms with Crippen LogP contribution in [-0.2, 0) is 0 Å². The van der Waals surface area contributed by atoms with Gasteiger partial charge in [0.15, 0.2) is 5.69 Å². The van der Waals surface area contributed by atoms with E-state index in [0.29, 0.717) is 11.5 Å². The Kier molecular flexibility index (Phi) is 4.02. The minimum absolute atomic E-state index is 0.0707. The van der Waals surface area contributed by atoms with Crippen molar-refractivity contribution in [2.24, 2.45) is 5.92 Å². The van der Waals surface area contributed by atoms with Crippen LogP contribution in [0.4, 0.5) is 5.69 Å². The number of carboxylic acids is 1. The van der Waals surface area contributed by atoms with E-state index in [9.17, 15) is 9.90 Å². The Labute approximate surface area is 113 Å². The number of hydrogen-bond acceptors (Lipinski definition) is 4. The van der Waals surface area contributed by atoms with Gasteiger partial charge in [-0.3, -0.25) is 0 Å². The summed E-state index contributed by atoms with van der Waals surface area (Å²) in [5.41, 5.74) is 0.589. The molecule has 1 saturated carbocycles. The van der Waals surface area contributed by atoms with E-state index in [1.54, 1.807) is 6.20 Å². The lowest BCUT2D eigenvalue weighted by atomic mass is 10.1. The maximum absolute atomic E-state index is 11.3. The van der Waals surface area contributed by atoms with Gasteiger partial charge in [-0.25, -0.2) is 14.8 Å². The fourth-order valence-electron chi connectivity index (χ4n) is 2.12. The van der Waals surface area contributed by atoms with Crippen molar-refractivity contribution in [1.29, 1.82) is 0 Å². The highest BCUT2D eigenvalue weighted by Crippen LogP contribution is 2.34. The number of hydrogen-bond donors (Lipinski definition) is 2. The Morgan fingerprint density at radius 3 is 2.68 bits per heavy atom. The summed E-state index contributed by atoms with van der Waals surface area (Å²) in [5.74, 6) is 0.478. The van der Waals surface area contributed by atoms with Gasteiger partial charge in [-0.15, -0.1) is 0 Å². The predicted molar refractivity (Wildman–Crippen MR) is 73.5 cm³/mol. The number of carbonyl (C=O) groups is 1. The average Bonchev–Trinajstić information content (AvgIpc) is 3.12. The zero-order valence-electron chi connectivity index (χ0n) is 11.7. The van der Waals surface area contributed by atoms with Crippen LogP contribution in [0.3, 0.4) is 0 Å². The molecule has 1 fully saturated rings. The number of nitrogens with zero attached hydrogens (tertiary/aromatic N) is 2. The summed E-state index contributed by atoms with van der Waals surface area (Å²) >= 11 is 0. The summed E-state index contributed by atoms with van der Waals surface area (Å²) in [6.45, 7) is 5.97. The van der Waals surface area contributed by atoms with E-state index in [2.05, 4.69) is 22.2 Å². The molecule has 1 aromatic heterocycles. The fraction of sp³-hybridized carbons (Fsp3) is 0.643. The molecule has 0 aliphatic heterocycles. The van der Waals surface area contributed by atoms with Gasteiger partial charge in [0.25, 0.3) is 0 Å². The third kappa shape index (κ3) is 3.66. The summed E-state index contributed by atoms with van der Waals surface area (Å²) in [6.07, 6.45) is 5.25. The van der Waals surface area contributed by atoms with E-state index >= 15 is 0 Å². The van der Waals surface area contributed by atoms with E-state index in [1.807, 2.05) is 13.8 Å². The lowest BCUT2D eigenvalue weighted by Gasteiger charge is -2.16. The molecule has 5 nitrogen and oxygen atoms in total. The third-order valence-corrected chi connectivity index (χ3v) is 3.31. The first-order chi connectivity index (χ1) is 8.97. The molecule has 19 heavy (non-hydrogen) atoms. The highest BCUT2D eigenvalue weighted by Gasteiger charge is 2.24. The third-order valence-electron chi connectivity index (χ3n) is 3.31. The maximum Gasteiger partial charge on any atom is 0.356 e. The minimum atomic E-state index is -1.01. The Morgan fingerprint density at radius 2 is 2.16 bits per heavy atom. The standard InChI is InChI=1S/C14H21N3O2/c1-8(2)13-15-7-11(12(17-13)14(18)19)16-9(3)6-10-4-5-10/h7-10,16H,4-6H2,1-3H3,(H,18,19). The van der Waals surface area contributed by atoms with Crippen LogP contribution in [0.25, 0.3) is 0 Å². The van der Waals surface area contributed by atoms with Crippen molar-refractivity contribution >= 4 is 11.7 Å². The zero-order chi connectivity index (χ0) is 14.0. The largest absolute Gasteiger partial charge is 0.476 e. The molecule has 2 rings (SSSR count). The summed E-state index contributed by atoms with van der Waals surface area (Å²) < 4.78 is 0. The number of aromatic carboxylic acids is 1. The molecule has 1 atom stereocenters. The van der Waals surface area contributed by atoms with Gasteiger partial charge in [0.05, 0.1) is 11.9 Å². The summed E-state index contributed by atoms with van der Waals surface area (Å²) in [5, 5.41) is 12.5. The van der Waals surface area contributed by atoms with Crippen molar-refractivity contribution in [2.45, 2.75) is 52.0 Å². The number of nitrogens with one attached hydrogen (secondary N) is 1. The Morgan fingerprint density at radius 1 is 1.47 bits per heavy atom. The van der Waals surface area contributed by atoms with Gasteiger partial charge >= 0.3 is 5.97 Å². The molecule has 2 N–H and O–H groups in total. The minimum Gasteiger partial charge on any atom is -0.476 e.